The SMILES string of the molecule is CCC(c1ccc(OC)cc1)N(CC)C(=O)Cn1ccnc1. The minimum atomic E-state index is 0.0759. The van der Waals surface area contributed by atoms with E-state index < -0.39 is 0 Å². The van der Waals surface area contributed by atoms with Gasteiger partial charge in [0.25, 0.3) is 0 Å². The van der Waals surface area contributed by atoms with Gasteiger partial charge < -0.3 is 14.2 Å². The highest BCUT2D eigenvalue weighted by atomic mass is 16.5. The number of likely N-dealkylation sites (N-methyl/N-ethyl adjacent to an activating group) is 1. The van der Waals surface area contributed by atoms with Gasteiger partial charge in [-0.05, 0) is 31.0 Å². The molecule has 0 saturated carbocycles. The zero-order valence-electron chi connectivity index (χ0n) is 13.4. The van der Waals surface area contributed by atoms with Crippen LogP contribution in [-0.2, 0) is 11.3 Å². The second-order valence-corrected chi connectivity index (χ2v) is 5.11. The van der Waals surface area contributed by atoms with Gasteiger partial charge in [0.15, 0.2) is 0 Å². The quantitative estimate of drug-likeness (QED) is 0.790. The second kappa shape index (κ2) is 7.64. The Morgan fingerprint density at radius 1 is 1.32 bits per heavy atom. The van der Waals surface area contributed by atoms with Gasteiger partial charge in [-0.1, -0.05) is 19.1 Å². The fourth-order valence-electron chi connectivity index (χ4n) is 2.66. The van der Waals surface area contributed by atoms with Crippen LogP contribution in [0, 0.1) is 0 Å². The summed E-state index contributed by atoms with van der Waals surface area (Å²) in [5.74, 6) is 0.926. The van der Waals surface area contributed by atoms with E-state index in [0.29, 0.717) is 13.1 Å². The molecule has 118 valence electrons. The normalized spacial score (nSPS) is 12.0. The van der Waals surface area contributed by atoms with Gasteiger partial charge in [0.05, 0.1) is 19.5 Å². The second-order valence-electron chi connectivity index (χ2n) is 5.11. The van der Waals surface area contributed by atoms with Crippen molar-refractivity contribution in [3.05, 3.63) is 48.5 Å². The van der Waals surface area contributed by atoms with Gasteiger partial charge in [-0.3, -0.25) is 4.79 Å². The molecule has 0 N–H and O–H groups in total. The van der Waals surface area contributed by atoms with Gasteiger partial charge in [0.1, 0.15) is 12.3 Å². The predicted octanol–water partition coefficient (Wildman–Crippen LogP) is 2.89. The maximum atomic E-state index is 12.6. The zero-order chi connectivity index (χ0) is 15.9. The molecule has 0 bridgehead atoms. The molecule has 1 heterocycles. The average Bonchev–Trinajstić information content (AvgIpc) is 3.05. The summed E-state index contributed by atoms with van der Waals surface area (Å²) in [6.45, 7) is 5.11. The topological polar surface area (TPSA) is 47.4 Å². The Balaban J connectivity index is 2.16. The van der Waals surface area contributed by atoms with Crippen LogP contribution in [0.1, 0.15) is 31.9 Å². The van der Waals surface area contributed by atoms with Crippen LogP contribution in [0.25, 0.3) is 0 Å². The number of methoxy groups -OCH3 is 1. The summed E-state index contributed by atoms with van der Waals surface area (Å²) in [5.41, 5.74) is 1.13. The Morgan fingerprint density at radius 3 is 2.55 bits per heavy atom. The molecule has 2 aromatic rings. The molecular weight excluding hydrogens is 278 g/mol. The van der Waals surface area contributed by atoms with Crippen molar-refractivity contribution in [1.29, 1.82) is 0 Å². The summed E-state index contributed by atoms with van der Waals surface area (Å²) >= 11 is 0. The predicted molar refractivity (Wildman–Crippen MR) is 85.6 cm³/mol. The summed E-state index contributed by atoms with van der Waals surface area (Å²) in [6, 6.07) is 8.01. The van der Waals surface area contributed by atoms with Crippen molar-refractivity contribution in [3.63, 3.8) is 0 Å². The Hall–Kier alpha value is -2.30. The van der Waals surface area contributed by atoms with Crippen LogP contribution >= 0.6 is 0 Å². The first-order chi connectivity index (χ1) is 10.7. The van der Waals surface area contributed by atoms with E-state index in [1.165, 1.54) is 0 Å². The molecule has 22 heavy (non-hydrogen) atoms. The summed E-state index contributed by atoms with van der Waals surface area (Å²) < 4.78 is 6.99. The van der Waals surface area contributed by atoms with E-state index in [1.807, 2.05) is 36.1 Å². The lowest BCUT2D eigenvalue weighted by molar-refractivity contribution is -0.134. The fourth-order valence-corrected chi connectivity index (χ4v) is 2.66. The first-order valence-electron chi connectivity index (χ1n) is 7.58. The van der Waals surface area contributed by atoms with Crippen LogP contribution in [0.5, 0.6) is 5.75 Å². The minimum Gasteiger partial charge on any atom is -0.497 e. The molecule has 1 aromatic carbocycles. The molecule has 1 aromatic heterocycles. The number of carbonyl (C=O) groups is 1. The van der Waals surface area contributed by atoms with Gasteiger partial charge in [-0.2, -0.15) is 0 Å². The van der Waals surface area contributed by atoms with E-state index >= 15 is 0 Å². The van der Waals surface area contributed by atoms with Gasteiger partial charge in [-0.25, -0.2) is 4.98 Å². The zero-order valence-corrected chi connectivity index (χ0v) is 13.4. The summed E-state index contributed by atoms with van der Waals surface area (Å²) in [7, 11) is 1.65. The summed E-state index contributed by atoms with van der Waals surface area (Å²) in [5, 5.41) is 0. The van der Waals surface area contributed by atoms with Crippen molar-refractivity contribution in [2.75, 3.05) is 13.7 Å². The van der Waals surface area contributed by atoms with Crippen molar-refractivity contribution >= 4 is 5.91 Å². The van der Waals surface area contributed by atoms with Gasteiger partial charge in [0.2, 0.25) is 5.91 Å². The highest BCUT2D eigenvalue weighted by Gasteiger charge is 2.22. The van der Waals surface area contributed by atoms with Gasteiger partial charge >= 0.3 is 0 Å². The van der Waals surface area contributed by atoms with Crippen molar-refractivity contribution < 1.29 is 9.53 Å². The van der Waals surface area contributed by atoms with E-state index in [1.54, 1.807) is 30.4 Å². The van der Waals surface area contributed by atoms with Crippen LogP contribution < -0.4 is 4.74 Å². The lowest BCUT2D eigenvalue weighted by atomic mass is 10.0. The maximum Gasteiger partial charge on any atom is 0.243 e. The molecule has 0 aliphatic carbocycles. The highest BCUT2D eigenvalue weighted by molar-refractivity contribution is 5.76. The third-order valence-electron chi connectivity index (χ3n) is 3.80. The molecule has 1 amide bonds. The Morgan fingerprint density at radius 2 is 2.05 bits per heavy atom. The van der Waals surface area contributed by atoms with Gasteiger partial charge in [-0.15, -0.1) is 0 Å². The number of hydrogen-bond donors (Lipinski definition) is 0. The number of benzene rings is 1. The van der Waals surface area contributed by atoms with E-state index in [4.69, 9.17) is 4.74 Å². The third kappa shape index (κ3) is 3.67. The van der Waals surface area contributed by atoms with Crippen molar-refractivity contribution in [3.8, 4) is 5.75 Å². The smallest absolute Gasteiger partial charge is 0.243 e. The van der Waals surface area contributed by atoms with Crippen LogP contribution in [0.3, 0.4) is 0 Å². The molecule has 5 nitrogen and oxygen atoms in total. The largest absolute Gasteiger partial charge is 0.497 e. The highest BCUT2D eigenvalue weighted by Crippen LogP contribution is 2.26. The Kier molecular flexibility index (Phi) is 5.58. The number of rotatable bonds is 7. The lowest BCUT2D eigenvalue weighted by Gasteiger charge is -2.31. The monoisotopic (exact) mass is 301 g/mol. The fraction of sp³-hybridized carbons (Fsp3) is 0.412. The molecule has 1 atom stereocenters. The molecule has 5 heteroatoms. The number of aromatic nitrogens is 2. The van der Waals surface area contributed by atoms with Crippen molar-refractivity contribution in [1.82, 2.24) is 14.5 Å². The number of imidazole rings is 1. The molecular formula is C17H23N3O2. The number of ether oxygens (including phenoxy) is 1. The van der Waals surface area contributed by atoms with E-state index in [-0.39, 0.29) is 11.9 Å². The Labute approximate surface area is 131 Å². The average molecular weight is 301 g/mol. The standard InChI is InChI=1S/C17H23N3O2/c1-4-16(14-6-8-15(22-3)9-7-14)20(5-2)17(21)12-19-11-10-18-13-19/h6-11,13,16H,4-5,12H2,1-3H3. The van der Waals surface area contributed by atoms with Gasteiger partial charge in [0, 0.05) is 18.9 Å². The van der Waals surface area contributed by atoms with E-state index in [0.717, 1.165) is 17.7 Å². The summed E-state index contributed by atoms with van der Waals surface area (Å²) in [4.78, 5) is 18.5. The number of carbonyl (C=O) groups excluding carboxylic acids is 1. The molecule has 1 unspecified atom stereocenters. The molecule has 0 aliphatic rings. The number of nitrogens with zero attached hydrogens (tertiary/aromatic N) is 3. The van der Waals surface area contributed by atoms with Crippen molar-refractivity contribution in [2.24, 2.45) is 0 Å². The summed E-state index contributed by atoms with van der Waals surface area (Å²) in [6.07, 6.45) is 6.03. The first kappa shape index (κ1) is 16.1. The third-order valence-corrected chi connectivity index (χ3v) is 3.80. The first-order valence-corrected chi connectivity index (χ1v) is 7.58. The molecule has 0 radical (unpaired) electrons. The minimum absolute atomic E-state index is 0.0759. The van der Waals surface area contributed by atoms with Crippen LogP contribution in [0.2, 0.25) is 0 Å². The Bertz CT molecular complexity index is 578. The van der Waals surface area contributed by atoms with E-state index in [9.17, 15) is 4.79 Å². The van der Waals surface area contributed by atoms with Crippen LogP contribution in [0.15, 0.2) is 43.0 Å². The van der Waals surface area contributed by atoms with E-state index in [2.05, 4.69) is 11.9 Å². The molecule has 0 saturated heterocycles. The molecule has 0 aliphatic heterocycles. The maximum absolute atomic E-state index is 12.6. The van der Waals surface area contributed by atoms with Crippen LogP contribution in [-0.4, -0.2) is 34.0 Å². The molecule has 0 fully saturated rings. The van der Waals surface area contributed by atoms with Crippen LogP contribution in [0.4, 0.5) is 0 Å². The number of amides is 1. The lowest BCUT2D eigenvalue weighted by Crippen LogP contribution is -2.36. The molecule has 0 spiro atoms. The molecule has 2 rings (SSSR count). The number of hydrogen-bond acceptors (Lipinski definition) is 3. The van der Waals surface area contributed by atoms with Crippen molar-refractivity contribution in [2.45, 2.75) is 32.9 Å².